The summed E-state index contributed by atoms with van der Waals surface area (Å²) in [5.74, 6) is -0.565. The van der Waals surface area contributed by atoms with Crippen molar-refractivity contribution in [2.45, 2.75) is 19.9 Å². The van der Waals surface area contributed by atoms with E-state index in [0.717, 1.165) is 0 Å². The first-order valence-electron chi connectivity index (χ1n) is 5.61. The first-order chi connectivity index (χ1) is 8.86. The minimum atomic E-state index is -0.629. The zero-order valence-electron chi connectivity index (χ0n) is 10.6. The van der Waals surface area contributed by atoms with E-state index in [4.69, 9.17) is 11.0 Å². The number of hydrogen-bond acceptors (Lipinski definition) is 5. The van der Waals surface area contributed by atoms with Crippen molar-refractivity contribution in [1.82, 2.24) is 0 Å². The third-order valence-electron chi connectivity index (χ3n) is 2.61. The van der Waals surface area contributed by atoms with Crippen molar-refractivity contribution in [3.05, 3.63) is 33.9 Å². The average Bonchev–Trinajstić information content (AvgIpc) is 2.34. The molecule has 3 N–H and O–H groups in total. The highest BCUT2D eigenvalue weighted by molar-refractivity contribution is 5.83. The van der Waals surface area contributed by atoms with Crippen molar-refractivity contribution in [1.29, 1.82) is 5.26 Å². The fourth-order valence-corrected chi connectivity index (χ4v) is 1.62. The van der Waals surface area contributed by atoms with Gasteiger partial charge in [0.1, 0.15) is 17.7 Å². The molecule has 7 heteroatoms. The van der Waals surface area contributed by atoms with Crippen LogP contribution >= 0.6 is 0 Å². The topological polar surface area (TPSA) is 122 Å². The van der Waals surface area contributed by atoms with Gasteiger partial charge in [0, 0.05) is 11.8 Å². The summed E-state index contributed by atoms with van der Waals surface area (Å²) in [5.41, 5.74) is 5.37. The highest BCUT2D eigenvalue weighted by Crippen LogP contribution is 2.23. The van der Waals surface area contributed by atoms with Gasteiger partial charge in [0.15, 0.2) is 0 Å². The second kappa shape index (κ2) is 5.82. The predicted octanol–water partition coefficient (Wildman–Crippen LogP) is 1.39. The number of hydrogen-bond donors (Lipinski definition) is 2. The SMILES string of the molecule is CC(C)C(Nc1ccc([N+](=O)[O-])c(C#N)c1)C(N)=O. The molecule has 0 heterocycles. The fraction of sp³-hybridized carbons (Fsp3) is 0.333. The van der Waals surface area contributed by atoms with E-state index in [2.05, 4.69) is 5.32 Å². The molecule has 0 spiro atoms. The van der Waals surface area contributed by atoms with E-state index in [1.54, 1.807) is 6.07 Å². The van der Waals surface area contributed by atoms with E-state index in [-0.39, 0.29) is 17.2 Å². The maximum absolute atomic E-state index is 11.3. The molecule has 0 aromatic heterocycles. The van der Waals surface area contributed by atoms with Crippen LogP contribution in [-0.4, -0.2) is 16.9 Å². The van der Waals surface area contributed by atoms with Crippen LogP contribution in [0.2, 0.25) is 0 Å². The number of nitrogens with zero attached hydrogens (tertiary/aromatic N) is 2. The van der Waals surface area contributed by atoms with Gasteiger partial charge in [-0.3, -0.25) is 14.9 Å². The van der Waals surface area contributed by atoms with E-state index in [0.29, 0.717) is 5.69 Å². The number of nitrogens with one attached hydrogen (secondary N) is 1. The van der Waals surface area contributed by atoms with Crippen molar-refractivity contribution in [3.63, 3.8) is 0 Å². The van der Waals surface area contributed by atoms with E-state index in [1.165, 1.54) is 18.2 Å². The molecule has 0 bridgehead atoms. The van der Waals surface area contributed by atoms with Crippen molar-refractivity contribution < 1.29 is 9.72 Å². The smallest absolute Gasteiger partial charge is 0.287 e. The fourth-order valence-electron chi connectivity index (χ4n) is 1.62. The van der Waals surface area contributed by atoms with Gasteiger partial charge < -0.3 is 11.1 Å². The van der Waals surface area contributed by atoms with Gasteiger partial charge in [-0.05, 0) is 18.1 Å². The molecular formula is C12H14N4O3. The standard InChI is InChI=1S/C12H14N4O3/c1-7(2)11(12(14)17)15-9-3-4-10(16(18)19)8(5-9)6-13/h3-5,7,11,15H,1-2H3,(H2,14,17). The number of nitrogens with two attached hydrogens (primary N) is 1. The summed E-state index contributed by atoms with van der Waals surface area (Å²) in [7, 11) is 0. The number of rotatable bonds is 5. The summed E-state index contributed by atoms with van der Waals surface area (Å²) in [6, 6.07) is 5.14. The highest BCUT2D eigenvalue weighted by atomic mass is 16.6. The number of carbonyl (C=O) groups is 1. The van der Waals surface area contributed by atoms with E-state index >= 15 is 0 Å². The Labute approximate surface area is 110 Å². The molecule has 0 saturated heterocycles. The molecule has 7 nitrogen and oxygen atoms in total. The summed E-state index contributed by atoms with van der Waals surface area (Å²) < 4.78 is 0. The molecule has 0 aliphatic rings. The quantitative estimate of drug-likeness (QED) is 0.613. The van der Waals surface area contributed by atoms with Crippen LogP contribution in [0.5, 0.6) is 0 Å². The van der Waals surface area contributed by atoms with Gasteiger partial charge in [0.25, 0.3) is 5.69 Å². The summed E-state index contributed by atoms with van der Waals surface area (Å²) >= 11 is 0. The van der Waals surface area contributed by atoms with Crippen molar-refractivity contribution in [2.24, 2.45) is 11.7 Å². The molecule has 1 atom stereocenters. The number of nitro benzene ring substituents is 1. The number of anilines is 1. The largest absolute Gasteiger partial charge is 0.373 e. The predicted molar refractivity (Wildman–Crippen MR) is 69.3 cm³/mol. The number of carbonyl (C=O) groups excluding carboxylic acids is 1. The molecule has 0 aliphatic heterocycles. The Balaban J connectivity index is 3.07. The Morgan fingerprint density at radius 1 is 1.53 bits per heavy atom. The Kier molecular flexibility index (Phi) is 4.42. The lowest BCUT2D eigenvalue weighted by Crippen LogP contribution is -2.39. The first kappa shape index (κ1) is 14.4. The monoisotopic (exact) mass is 262 g/mol. The first-order valence-corrected chi connectivity index (χ1v) is 5.61. The lowest BCUT2D eigenvalue weighted by molar-refractivity contribution is -0.385. The molecule has 1 rings (SSSR count). The van der Waals surface area contributed by atoms with Crippen LogP contribution in [-0.2, 0) is 4.79 Å². The molecule has 1 amide bonds. The van der Waals surface area contributed by atoms with E-state index in [9.17, 15) is 14.9 Å². The lowest BCUT2D eigenvalue weighted by atomic mass is 10.0. The third kappa shape index (κ3) is 3.42. The van der Waals surface area contributed by atoms with Crippen molar-refractivity contribution >= 4 is 17.3 Å². The normalized spacial score (nSPS) is 11.7. The lowest BCUT2D eigenvalue weighted by Gasteiger charge is -2.20. The zero-order chi connectivity index (χ0) is 14.6. The van der Waals surface area contributed by atoms with Gasteiger partial charge in [0.2, 0.25) is 5.91 Å². The van der Waals surface area contributed by atoms with Gasteiger partial charge in [0.05, 0.1) is 4.92 Å². The molecule has 0 radical (unpaired) electrons. The van der Waals surface area contributed by atoms with Crippen LogP contribution in [0, 0.1) is 27.4 Å². The summed E-state index contributed by atoms with van der Waals surface area (Å²) in [5, 5.41) is 22.4. The number of primary amides is 1. The van der Waals surface area contributed by atoms with Crippen LogP contribution < -0.4 is 11.1 Å². The number of nitriles is 1. The minimum absolute atomic E-state index is 0.0433. The third-order valence-corrected chi connectivity index (χ3v) is 2.61. The maximum Gasteiger partial charge on any atom is 0.287 e. The second-order valence-corrected chi connectivity index (χ2v) is 4.37. The molecule has 1 aromatic rings. The molecule has 19 heavy (non-hydrogen) atoms. The van der Waals surface area contributed by atoms with Crippen LogP contribution in [0.25, 0.3) is 0 Å². The van der Waals surface area contributed by atoms with E-state index < -0.39 is 16.9 Å². The molecule has 0 saturated carbocycles. The number of amides is 1. The second-order valence-electron chi connectivity index (χ2n) is 4.37. The maximum atomic E-state index is 11.3. The number of nitro groups is 1. The molecule has 0 fully saturated rings. The van der Waals surface area contributed by atoms with Crippen LogP contribution in [0.15, 0.2) is 18.2 Å². The Morgan fingerprint density at radius 2 is 2.16 bits per heavy atom. The Morgan fingerprint density at radius 3 is 2.58 bits per heavy atom. The average molecular weight is 262 g/mol. The van der Waals surface area contributed by atoms with Gasteiger partial charge in [-0.25, -0.2) is 0 Å². The number of benzene rings is 1. The Bertz CT molecular complexity index is 548. The molecule has 1 aromatic carbocycles. The Hall–Kier alpha value is -2.62. The summed E-state index contributed by atoms with van der Waals surface area (Å²) in [4.78, 5) is 21.3. The van der Waals surface area contributed by atoms with Gasteiger partial charge in [-0.1, -0.05) is 13.8 Å². The van der Waals surface area contributed by atoms with Gasteiger partial charge >= 0.3 is 0 Å². The van der Waals surface area contributed by atoms with Gasteiger partial charge in [-0.15, -0.1) is 0 Å². The summed E-state index contributed by atoms with van der Waals surface area (Å²) in [6.45, 7) is 3.64. The van der Waals surface area contributed by atoms with Crippen molar-refractivity contribution in [2.75, 3.05) is 5.32 Å². The van der Waals surface area contributed by atoms with Crippen LogP contribution in [0.1, 0.15) is 19.4 Å². The molecular weight excluding hydrogens is 248 g/mol. The van der Waals surface area contributed by atoms with E-state index in [1.807, 2.05) is 13.8 Å². The van der Waals surface area contributed by atoms with Gasteiger partial charge in [-0.2, -0.15) is 5.26 Å². The molecule has 0 aliphatic carbocycles. The van der Waals surface area contributed by atoms with Crippen LogP contribution in [0.4, 0.5) is 11.4 Å². The molecule has 1 unspecified atom stereocenters. The minimum Gasteiger partial charge on any atom is -0.373 e. The molecule has 100 valence electrons. The van der Waals surface area contributed by atoms with Crippen molar-refractivity contribution in [3.8, 4) is 6.07 Å². The zero-order valence-corrected chi connectivity index (χ0v) is 10.6. The summed E-state index contributed by atoms with van der Waals surface area (Å²) in [6.07, 6.45) is 0. The van der Waals surface area contributed by atoms with Crippen LogP contribution in [0.3, 0.4) is 0 Å². The highest BCUT2D eigenvalue weighted by Gasteiger charge is 2.20.